The fourth-order valence-corrected chi connectivity index (χ4v) is 2.94. The number of hydrogen-bond donors (Lipinski definition) is 1. The number of piperazine rings is 1. The summed E-state index contributed by atoms with van der Waals surface area (Å²) in [5.74, 6) is 0.920. The molecule has 15 heavy (non-hydrogen) atoms. The van der Waals surface area contributed by atoms with E-state index in [0.29, 0.717) is 0 Å². The van der Waals surface area contributed by atoms with Crippen LogP contribution in [0.2, 0.25) is 0 Å². The smallest absolute Gasteiger partial charge is 0.0137 e. The molecule has 1 aliphatic heterocycles. The molecule has 2 unspecified atom stereocenters. The van der Waals surface area contributed by atoms with Gasteiger partial charge in [-0.1, -0.05) is 6.92 Å². The van der Waals surface area contributed by atoms with E-state index >= 15 is 0 Å². The topological polar surface area (TPSA) is 18.5 Å². The van der Waals surface area contributed by atoms with Crippen molar-refractivity contribution in [3.05, 3.63) is 0 Å². The fraction of sp³-hybridized carbons (Fsp3) is 1.00. The van der Waals surface area contributed by atoms with Gasteiger partial charge in [0.1, 0.15) is 0 Å². The van der Waals surface area contributed by atoms with Crippen LogP contribution in [0.3, 0.4) is 0 Å². The van der Waals surface area contributed by atoms with Crippen LogP contribution >= 0.6 is 0 Å². The largest absolute Gasteiger partial charge is 0.319 e. The van der Waals surface area contributed by atoms with E-state index in [4.69, 9.17) is 0 Å². The first-order chi connectivity index (χ1) is 7.35. The minimum Gasteiger partial charge on any atom is -0.319 e. The van der Waals surface area contributed by atoms with Gasteiger partial charge >= 0.3 is 0 Å². The first-order valence-corrected chi connectivity index (χ1v) is 6.46. The quantitative estimate of drug-likeness (QED) is 0.735. The Morgan fingerprint density at radius 1 is 1.13 bits per heavy atom. The van der Waals surface area contributed by atoms with Crippen LogP contribution in [0.15, 0.2) is 0 Å². The van der Waals surface area contributed by atoms with Crippen LogP contribution in [0, 0.1) is 5.92 Å². The van der Waals surface area contributed by atoms with Gasteiger partial charge < -0.3 is 10.2 Å². The molecule has 0 radical (unpaired) electrons. The summed E-state index contributed by atoms with van der Waals surface area (Å²) in [6.07, 6.45) is 2.86. The lowest BCUT2D eigenvalue weighted by molar-refractivity contribution is 0.0231. The summed E-state index contributed by atoms with van der Waals surface area (Å²) in [5.41, 5.74) is 0. The van der Waals surface area contributed by atoms with Crippen molar-refractivity contribution in [3.63, 3.8) is 0 Å². The molecule has 0 amide bonds. The van der Waals surface area contributed by atoms with Crippen molar-refractivity contribution in [2.75, 3.05) is 46.3 Å². The summed E-state index contributed by atoms with van der Waals surface area (Å²) in [4.78, 5) is 5.28. The van der Waals surface area contributed by atoms with E-state index < -0.39 is 0 Å². The lowest BCUT2D eigenvalue weighted by Gasteiger charge is -2.47. The van der Waals surface area contributed by atoms with Crippen molar-refractivity contribution in [2.24, 2.45) is 5.92 Å². The van der Waals surface area contributed by atoms with Crippen molar-refractivity contribution in [1.82, 2.24) is 15.1 Å². The lowest BCUT2D eigenvalue weighted by atomic mass is 9.78. The zero-order chi connectivity index (χ0) is 10.7. The van der Waals surface area contributed by atoms with E-state index in [9.17, 15) is 0 Å². The normalized spacial score (nSPS) is 34.0. The molecule has 2 atom stereocenters. The zero-order valence-corrected chi connectivity index (χ0v) is 10.2. The average molecular weight is 211 g/mol. The van der Waals surface area contributed by atoms with Crippen molar-refractivity contribution in [3.8, 4) is 0 Å². The van der Waals surface area contributed by atoms with Gasteiger partial charge in [0, 0.05) is 32.2 Å². The number of nitrogens with zero attached hydrogens (tertiary/aromatic N) is 2. The Bertz CT molecular complexity index is 187. The van der Waals surface area contributed by atoms with Crippen LogP contribution in [0.1, 0.15) is 19.8 Å². The second-order valence-corrected chi connectivity index (χ2v) is 4.93. The van der Waals surface area contributed by atoms with Gasteiger partial charge in [0.05, 0.1) is 0 Å². The maximum absolute atomic E-state index is 3.32. The Labute approximate surface area is 93.8 Å². The first-order valence-electron chi connectivity index (χ1n) is 6.46. The predicted molar refractivity (Wildman–Crippen MR) is 64.1 cm³/mol. The van der Waals surface area contributed by atoms with Gasteiger partial charge in [-0.25, -0.2) is 0 Å². The molecule has 1 heterocycles. The third kappa shape index (κ3) is 2.52. The van der Waals surface area contributed by atoms with E-state index in [0.717, 1.165) is 12.0 Å². The Balaban J connectivity index is 1.75. The van der Waals surface area contributed by atoms with Crippen molar-refractivity contribution >= 4 is 0 Å². The number of rotatable bonds is 4. The summed E-state index contributed by atoms with van der Waals surface area (Å²) >= 11 is 0. The van der Waals surface area contributed by atoms with Crippen LogP contribution in [0.5, 0.6) is 0 Å². The number of nitrogens with one attached hydrogen (secondary N) is 1. The standard InChI is InChI=1S/C12H25N3/c1-3-14-6-8-15(9-7-14)12-5-4-11(12)10-13-2/h11-13H,3-10H2,1-2H3. The number of hydrogen-bond acceptors (Lipinski definition) is 3. The summed E-state index contributed by atoms with van der Waals surface area (Å²) in [6.45, 7) is 9.83. The molecule has 1 saturated carbocycles. The van der Waals surface area contributed by atoms with Gasteiger partial charge in [0.15, 0.2) is 0 Å². The zero-order valence-electron chi connectivity index (χ0n) is 10.2. The minimum absolute atomic E-state index is 0.886. The number of likely N-dealkylation sites (N-methyl/N-ethyl adjacent to an activating group) is 1. The molecule has 2 fully saturated rings. The Morgan fingerprint density at radius 2 is 1.87 bits per heavy atom. The molecule has 1 aliphatic carbocycles. The molecule has 0 aromatic rings. The Hall–Kier alpha value is -0.120. The molecule has 0 bridgehead atoms. The monoisotopic (exact) mass is 211 g/mol. The highest BCUT2D eigenvalue weighted by Crippen LogP contribution is 2.32. The van der Waals surface area contributed by atoms with Crippen LogP contribution < -0.4 is 5.32 Å². The van der Waals surface area contributed by atoms with Crippen LogP contribution in [0.4, 0.5) is 0 Å². The third-order valence-electron chi connectivity index (χ3n) is 4.17. The SMILES string of the molecule is CCN1CCN(C2CCC2CNC)CC1. The molecule has 2 rings (SSSR count). The van der Waals surface area contributed by atoms with Crippen LogP contribution in [-0.2, 0) is 0 Å². The molecule has 2 aliphatic rings. The summed E-state index contributed by atoms with van der Waals surface area (Å²) in [7, 11) is 2.07. The Kier molecular flexibility index (Phi) is 4.00. The Morgan fingerprint density at radius 3 is 2.33 bits per heavy atom. The van der Waals surface area contributed by atoms with E-state index in [-0.39, 0.29) is 0 Å². The van der Waals surface area contributed by atoms with Gasteiger partial charge in [-0.2, -0.15) is 0 Å². The molecule has 3 heteroatoms. The summed E-state index contributed by atoms with van der Waals surface area (Å²) in [5, 5.41) is 3.32. The van der Waals surface area contributed by atoms with Gasteiger partial charge in [-0.05, 0) is 38.9 Å². The summed E-state index contributed by atoms with van der Waals surface area (Å²) < 4.78 is 0. The van der Waals surface area contributed by atoms with E-state index in [1.54, 1.807) is 0 Å². The molecular weight excluding hydrogens is 186 g/mol. The molecule has 0 aromatic carbocycles. The highest BCUT2D eigenvalue weighted by Gasteiger charge is 2.35. The maximum atomic E-state index is 3.32. The summed E-state index contributed by atoms with van der Waals surface area (Å²) in [6, 6.07) is 0.886. The van der Waals surface area contributed by atoms with Crippen LogP contribution in [0.25, 0.3) is 0 Å². The highest BCUT2D eigenvalue weighted by molar-refractivity contribution is 4.91. The molecular formula is C12H25N3. The van der Waals surface area contributed by atoms with Crippen molar-refractivity contribution < 1.29 is 0 Å². The molecule has 1 saturated heterocycles. The average Bonchev–Trinajstić information content (AvgIpc) is 2.25. The van der Waals surface area contributed by atoms with Gasteiger partial charge in [0.25, 0.3) is 0 Å². The predicted octanol–water partition coefficient (Wildman–Crippen LogP) is 0.622. The lowest BCUT2D eigenvalue weighted by Crippen LogP contribution is -2.56. The van der Waals surface area contributed by atoms with E-state index in [1.807, 2.05) is 0 Å². The van der Waals surface area contributed by atoms with Gasteiger partial charge in [0.2, 0.25) is 0 Å². The molecule has 88 valence electrons. The third-order valence-corrected chi connectivity index (χ3v) is 4.17. The fourth-order valence-electron chi connectivity index (χ4n) is 2.94. The molecule has 0 spiro atoms. The second kappa shape index (κ2) is 5.28. The van der Waals surface area contributed by atoms with Gasteiger partial charge in [-0.15, -0.1) is 0 Å². The first kappa shape index (κ1) is 11.4. The van der Waals surface area contributed by atoms with Crippen molar-refractivity contribution in [1.29, 1.82) is 0 Å². The van der Waals surface area contributed by atoms with Gasteiger partial charge in [-0.3, -0.25) is 4.90 Å². The maximum Gasteiger partial charge on any atom is 0.0137 e. The molecule has 1 N–H and O–H groups in total. The molecule has 0 aromatic heterocycles. The second-order valence-electron chi connectivity index (χ2n) is 4.93. The van der Waals surface area contributed by atoms with E-state index in [2.05, 4.69) is 29.1 Å². The van der Waals surface area contributed by atoms with Crippen molar-refractivity contribution in [2.45, 2.75) is 25.8 Å². The highest BCUT2D eigenvalue weighted by atomic mass is 15.3. The minimum atomic E-state index is 0.886. The van der Waals surface area contributed by atoms with E-state index in [1.165, 1.54) is 52.1 Å². The van der Waals surface area contributed by atoms with Crippen LogP contribution in [-0.4, -0.2) is 62.2 Å². The molecule has 3 nitrogen and oxygen atoms in total.